The fourth-order valence-electron chi connectivity index (χ4n) is 2.59. The second-order valence-corrected chi connectivity index (χ2v) is 5.40. The monoisotopic (exact) mass is 309 g/mol. The van der Waals surface area contributed by atoms with Gasteiger partial charge in [0.2, 0.25) is 0 Å². The van der Waals surface area contributed by atoms with Gasteiger partial charge in [0.15, 0.2) is 6.61 Å². The molecular weight excluding hydrogens is 286 g/mol. The van der Waals surface area contributed by atoms with E-state index in [0.717, 1.165) is 44.3 Å². The zero-order valence-corrected chi connectivity index (χ0v) is 13.0. The molecule has 0 saturated carbocycles. The second-order valence-electron chi connectivity index (χ2n) is 5.40. The molecule has 0 bridgehead atoms. The summed E-state index contributed by atoms with van der Waals surface area (Å²) in [5, 5.41) is 3.69. The minimum atomic E-state index is -0.457. The molecule has 0 aromatic rings. The molecule has 1 fully saturated rings. The van der Waals surface area contributed by atoms with Crippen LogP contribution in [0.3, 0.4) is 0 Å². The SMILES string of the molecule is CON=CC1=CCCN(C(=O)OCC(=O)N2CCCCC2)C1. The minimum Gasteiger partial charge on any atom is -0.439 e. The number of oxime groups is 1. The van der Waals surface area contributed by atoms with Crippen molar-refractivity contribution in [1.82, 2.24) is 9.80 Å². The van der Waals surface area contributed by atoms with Crippen molar-refractivity contribution in [3.63, 3.8) is 0 Å². The minimum absolute atomic E-state index is 0.109. The van der Waals surface area contributed by atoms with Gasteiger partial charge in [0.05, 0.1) is 12.8 Å². The Morgan fingerprint density at radius 2 is 2.00 bits per heavy atom. The molecule has 122 valence electrons. The Bertz CT molecular complexity index is 456. The lowest BCUT2D eigenvalue weighted by Gasteiger charge is -2.28. The molecule has 7 heteroatoms. The highest BCUT2D eigenvalue weighted by Crippen LogP contribution is 2.11. The van der Waals surface area contributed by atoms with Gasteiger partial charge >= 0.3 is 6.09 Å². The molecule has 0 N–H and O–H groups in total. The average Bonchev–Trinajstić information content (AvgIpc) is 2.58. The van der Waals surface area contributed by atoms with Crippen LogP contribution in [-0.2, 0) is 14.4 Å². The van der Waals surface area contributed by atoms with E-state index in [-0.39, 0.29) is 12.5 Å². The molecule has 0 aliphatic carbocycles. The number of nitrogens with zero attached hydrogens (tertiary/aromatic N) is 3. The van der Waals surface area contributed by atoms with Gasteiger partial charge in [-0.3, -0.25) is 4.79 Å². The normalized spacial score (nSPS) is 19.0. The summed E-state index contributed by atoms with van der Waals surface area (Å²) in [7, 11) is 1.47. The van der Waals surface area contributed by atoms with Crippen LogP contribution in [0, 0.1) is 0 Å². The molecule has 2 rings (SSSR count). The predicted octanol–water partition coefficient (Wildman–Crippen LogP) is 1.40. The number of likely N-dealkylation sites (tertiary alicyclic amines) is 1. The number of hydrogen-bond donors (Lipinski definition) is 0. The van der Waals surface area contributed by atoms with Gasteiger partial charge in [-0.15, -0.1) is 0 Å². The Labute approximate surface area is 130 Å². The van der Waals surface area contributed by atoms with Crippen molar-refractivity contribution in [3.05, 3.63) is 11.6 Å². The maximum atomic E-state index is 12.0. The van der Waals surface area contributed by atoms with Crippen LogP contribution in [0.4, 0.5) is 4.79 Å². The third-order valence-corrected chi connectivity index (χ3v) is 3.79. The quantitative estimate of drug-likeness (QED) is 0.581. The van der Waals surface area contributed by atoms with Crippen molar-refractivity contribution < 1.29 is 19.2 Å². The van der Waals surface area contributed by atoms with Gasteiger partial charge in [0, 0.05) is 19.6 Å². The molecular formula is C15H23N3O4. The summed E-state index contributed by atoms with van der Waals surface area (Å²) in [4.78, 5) is 32.0. The second kappa shape index (κ2) is 8.41. The molecule has 7 nitrogen and oxygen atoms in total. The predicted molar refractivity (Wildman–Crippen MR) is 81.6 cm³/mol. The van der Waals surface area contributed by atoms with Crippen LogP contribution in [-0.4, -0.2) is 67.9 Å². The Morgan fingerprint density at radius 3 is 2.73 bits per heavy atom. The molecule has 0 aromatic carbocycles. The van der Waals surface area contributed by atoms with Gasteiger partial charge in [0.1, 0.15) is 7.11 Å². The van der Waals surface area contributed by atoms with E-state index in [9.17, 15) is 9.59 Å². The number of carbonyl (C=O) groups excluding carboxylic acids is 2. The van der Waals surface area contributed by atoms with Crippen molar-refractivity contribution in [2.75, 3.05) is 39.9 Å². The van der Waals surface area contributed by atoms with E-state index >= 15 is 0 Å². The maximum Gasteiger partial charge on any atom is 0.410 e. The number of rotatable bonds is 4. The van der Waals surface area contributed by atoms with Crippen LogP contribution in [0.2, 0.25) is 0 Å². The zero-order chi connectivity index (χ0) is 15.8. The first-order valence-electron chi connectivity index (χ1n) is 7.65. The summed E-state index contributed by atoms with van der Waals surface area (Å²) in [6.07, 6.45) is 7.08. The summed E-state index contributed by atoms with van der Waals surface area (Å²) in [6, 6.07) is 0. The van der Waals surface area contributed by atoms with Crippen LogP contribution >= 0.6 is 0 Å². The first-order valence-corrected chi connectivity index (χ1v) is 7.65. The lowest BCUT2D eigenvalue weighted by atomic mass is 10.1. The average molecular weight is 309 g/mol. The van der Waals surface area contributed by atoms with Crippen LogP contribution in [0.25, 0.3) is 0 Å². The third-order valence-electron chi connectivity index (χ3n) is 3.79. The van der Waals surface area contributed by atoms with E-state index < -0.39 is 6.09 Å². The van der Waals surface area contributed by atoms with E-state index in [1.165, 1.54) is 7.11 Å². The number of amides is 2. The molecule has 2 aliphatic rings. The van der Waals surface area contributed by atoms with Gasteiger partial charge in [-0.25, -0.2) is 4.79 Å². The molecule has 1 saturated heterocycles. The van der Waals surface area contributed by atoms with Gasteiger partial charge < -0.3 is 19.4 Å². The molecule has 2 aliphatic heterocycles. The van der Waals surface area contributed by atoms with Crippen molar-refractivity contribution in [3.8, 4) is 0 Å². The van der Waals surface area contributed by atoms with Crippen molar-refractivity contribution >= 4 is 18.2 Å². The topological polar surface area (TPSA) is 71.4 Å². The fourth-order valence-corrected chi connectivity index (χ4v) is 2.59. The number of carbonyl (C=O) groups is 2. The van der Waals surface area contributed by atoms with E-state index in [1.807, 2.05) is 6.08 Å². The smallest absolute Gasteiger partial charge is 0.410 e. The Hall–Kier alpha value is -2.05. The summed E-state index contributed by atoms with van der Waals surface area (Å²) >= 11 is 0. The van der Waals surface area contributed by atoms with Crippen LogP contribution in [0.5, 0.6) is 0 Å². The fraction of sp³-hybridized carbons (Fsp3) is 0.667. The van der Waals surface area contributed by atoms with E-state index in [2.05, 4.69) is 9.99 Å². The highest BCUT2D eigenvalue weighted by molar-refractivity contribution is 5.82. The van der Waals surface area contributed by atoms with E-state index in [1.54, 1.807) is 16.0 Å². The molecule has 2 amide bonds. The standard InChI is InChI=1S/C15H23N3O4/c1-21-16-10-13-6-5-9-18(11-13)15(20)22-12-14(19)17-7-3-2-4-8-17/h6,10H,2-5,7-9,11-12H2,1H3. The molecule has 22 heavy (non-hydrogen) atoms. The number of ether oxygens (including phenoxy) is 1. The summed E-state index contributed by atoms with van der Waals surface area (Å²) < 4.78 is 5.14. The van der Waals surface area contributed by atoms with Crippen molar-refractivity contribution in [1.29, 1.82) is 0 Å². The molecule has 0 unspecified atom stereocenters. The molecule has 0 spiro atoms. The van der Waals surface area contributed by atoms with Crippen LogP contribution in [0.15, 0.2) is 16.8 Å². The van der Waals surface area contributed by atoms with E-state index in [0.29, 0.717) is 13.1 Å². The Kier molecular flexibility index (Phi) is 6.24. The summed E-state index contributed by atoms with van der Waals surface area (Å²) in [5.74, 6) is -0.109. The number of piperidine rings is 1. The summed E-state index contributed by atoms with van der Waals surface area (Å²) in [5.41, 5.74) is 0.896. The lowest BCUT2D eigenvalue weighted by Crippen LogP contribution is -2.41. The Balaban J connectivity index is 1.76. The number of hydrogen-bond acceptors (Lipinski definition) is 5. The third kappa shape index (κ3) is 4.75. The van der Waals surface area contributed by atoms with Gasteiger partial charge in [0.25, 0.3) is 5.91 Å². The van der Waals surface area contributed by atoms with Gasteiger partial charge in [-0.2, -0.15) is 0 Å². The first-order chi connectivity index (χ1) is 10.7. The Morgan fingerprint density at radius 1 is 1.23 bits per heavy atom. The van der Waals surface area contributed by atoms with Crippen molar-refractivity contribution in [2.24, 2.45) is 5.16 Å². The van der Waals surface area contributed by atoms with Crippen LogP contribution in [0.1, 0.15) is 25.7 Å². The lowest BCUT2D eigenvalue weighted by molar-refractivity contribution is -0.135. The molecule has 2 heterocycles. The summed E-state index contributed by atoms with van der Waals surface area (Å²) in [6.45, 7) is 2.35. The largest absolute Gasteiger partial charge is 0.439 e. The molecule has 0 atom stereocenters. The molecule has 0 radical (unpaired) electrons. The zero-order valence-electron chi connectivity index (χ0n) is 13.0. The van der Waals surface area contributed by atoms with Gasteiger partial charge in [-0.05, 0) is 31.3 Å². The highest BCUT2D eigenvalue weighted by Gasteiger charge is 2.22. The molecule has 0 aromatic heterocycles. The van der Waals surface area contributed by atoms with Crippen molar-refractivity contribution in [2.45, 2.75) is 25.7 Å². The highest BCUT2D eigenvalue weighted by atomic mass is 16.6. The maximum absolute atomic E-state index is 12.0. The van der Waals surface area contributed by atoms with E-state index in [4.69, 9.17) is 4.74 Å². The van der Waals surface area contributed by atoms with Crippen LogP contribution < -0.4 is 0 Å². The first kappa shape index (κ1) is 16.3. The van der Waals surface area contributed by atoms with Gasteiger partial charge in [-0.1, -0.05) is 11.2 Å².